The number of amides is 2. The number of rotatable bonds is 7. The Hall–Kier alpha value is -2.09. The van der Waals surface area contributed by atoms with Crippen molar-refractivity contribution in [1.82, 2.24) is 15.6 Å². The Balaban J connectivity index is 2.12. The van der Waals surface area contributed by atoms with Crippen LogP contribution in [0.15, 0.2) is 4.42 Å². The van der Waals surface area contributed by atoms with Gasteiger partial charge < -0.3 is 24.9 Å². The predicted molar refractivity (Wildman–Crippen MR) is 64.7 cm³/mol. The van der Waals surface area contributed by atoms with Crippen LogP contribution in [0.2, 0.25) is 0 Å². The highest BCUT2D eigenvalue weighted by Crippen LogP contribution is 2.07. The summed E-state index contributed by atoms with van der Waals surface area (Å²) in [7, 11) is 0. The number of carboxylic acids is 1. The van der Waals surface area contributed by atoms with Crippen LogP contribution in [-0.2, 0) is 16.1 Å². The van der Waals surface area contributed by atoms with Crippen molar-refractivity contribution in [3.05, 3.63) is 17.3 Å². The second-order valence-corrected chi connectivity index (χ2v) is 3.80. The van der Waals surface area contributed by atoms with Crippen LogP contribution in [0.25, 0.3) is 0 Å². The molecule has 3 N–H and O–H groups in total. The van der Waals surface area contributed by atoms with Crippen LogP contribution in [0, 0.1) is 13.8 Å². The number of oxazole rings is 1. The van der Waals surface area contributed by atoms with Crippen LogP contribution in [0.4, 0.5) is 4.79 Å². The molecular weight excluding hydrogens is 254 g/mol. The predicted octanol–water partition coefficient (Wildman–Crippen LogP) is 0.192. The maximum atomic E-state index is 11.3. The van der Waals surface area contributed by atoms with E-state index in [1.165, 1.54) is 0 Å². The molecule has 2 amide bonds. The molecular formula is C11H17N3O5. The van der Waals surface area contributed by atoms with Gasteiger partial charge >= 0.3 is 12.0 Å². The van der Waals surface area contributed by atoms with E-state index in [2.05, 4.69) is 15.6 Å². The molecule has 8 nitrogen and oxygen atoms in total. The van der Waals surface area contributed by atoms with Gasteiger partial charge in [-0.25, -0.2) is 14.6 Å². The van der Waals surface area contributed by atoms with Crippen LogP contribution in [0.3, 0.4) is 0 Å². The molecule has 0 unspecified atom stereocenters. The van der Waals surface area contributed by atoms with E-state index in [0.717, 1.165) is 11.5 Å². The Labute approximate surface area is 110 Å². The number of nitrogens with one attached hydrogen (secondary N) is 2. The summed E-state index contributed by atoms with van der Waals surface area (Å²) < 4.78 is 10.0. The summed E-state index contributed by atoms with van der Waals surface area (Å²) >= 11 is 0. The highest BCUT2D eigenvalue weighted by molar-refractivity contribution is 5.73. The SMILES string of the molecule is Cc1nc(CNC(=O)NCCOCC(=O)O)oc1C. The summed E-state index contributed by atoms with van der Waals surface area (Å²) in [5, 5.41) is 13.4. The highest BCUT2D eigenvalue weighted by Gasteiger charge is 2.07. The van der Waals surface area contributed by atoms with Crippen molar-refractivity contribution < 1.29 is 23.8 Å². The number of urea groups is 1. The van der Waals surface area contributed by atoms with Gasteiger partial charge in [-0.15, -0.1) is 0 Å². The fraction of sp³-hybridized carbons (Fsp3) is 0.545. The van der Waals surface area contributed by atoms with Gasteiger partial charge in [0, 0.05) is 6.54 Å². The second-order valence-electron chi connectivity index (χ2n) is 3.80. The maximum absolute atomic E-state index is 11.3. The molecule has 0 spiro atoms. The summed E-state index contributed by atoms with van der Waals surface area (Å²) in [6.07, 6.45) is 0. The molecule has 0 aliphatic rings. The van der Waals surface area contributed by atoms with Crippen molar-refractivity contribution >= 4 is 12.0 Å². The minimum absolute atomic E-state index is 0.136. The first-order chi connectivity index (χ1) is 8.99. The third kappa shape index (κ3) is 5.87. The highest BCUT2D eigenvalue weighted by atomic mass is 16.5. The number of hydrogen-bond donors (Lipinski definition) is 3. The van der Waals surface area contributed by atoms with E-state index in [0.29, 0.717) is 5.89 Å². The zero-order valence-electron chi connectivity index (χ0n) is 10.9. The van der Waals surface area contributed by atoms with E-state index >= 15 is 0 Å². The van der Waals surface area contributed by atoms with E-state index in [9.17, 15) is 9.59 Å². The summed E-state index contributed by atoms with van der Waals surface area (Å²) in [5.74, 6) is 0.116. The van der Waals surface area contributed by atoms with Crippen LogP contribution >= 0.6 is 0 Å². The molecule has 0 aromatic carbocycles. The molecule has 0 fully saturated rings. The monoisotopic (exact) mass is 271 g/mol. The molecule has 0 aliphatic carbocycles. The molecule has 1 aromatic heterocycles. The van der Waals surface area contributed by atoms with E-state index < -0.39 is 12.0 Å². The molecule has 1 aromatic rings. The zero-order chi connectivity index (χ0) is 14.3. The molecule has 0 radical (unpaired) electrons. The standard InChI is InChI=1S/C11H17N3O5/c1-7-8(2)19-9(14-7)5-13-11(17)12-3-4-18-6-10(15)16/h3-6H2,1-2H3,(H,15,16)(H2,12,13,17). The average molecular weight is 271 g/mol. The van der Waals surface area contributed by atoms with E-state index in [4.69, 9.17) is 14.3 Å². The van der Waals surface area contributed by atoms with Crippen molar-refractivity contribution in [3.8, 4) is 0 Å². The van der Waals surface area contributed by atoms with E-state index in [1.807, 2.05) is 6.92 Å². The minimum Gasteiger partial charge on any atom is -0.480 e. The third-order valence-electron chi connectivity index (χ3n) is 2.23. The lowest BCUT2D eigenvalue weighted by atomic mass is 10.4. The summed E-state index contributed by atoms with van der Waals surface area (Å²) in [6.45, 7) is 3.79. The first-order valence-corrected chi connectivity index (χ1v) is 5.73. The Morgan fingerprint density at radius 1 is 1.37 bits per heavy atom. The number of ether oxygens (including phenoxy) is 1. The lowest BCUT2D eigenvalue weighted by Gasteiger charge is -2.05. The summed E-state index contributed by atoms with van der Waals surface area (Å²) in [5.41, 5.74) is 0.791. The molecule has 0 saturated carbocycles. The van der Waals surface area contributed by atoms with Crippen LogP contribution in [0.1, 0.15) is 17.3 Å². The van der Waals surface area contributed by atoms with Crippen molar-refractivity contribution in [2.75, 3.05) is 19.8 Å². The summed E-state index contributed by atoms with van der Waals surface area (Å²) in [6, 6.07) is -0.396. The van der Waals surface area contributed by atoms with Crippen molar-refractivity contribution in [3.63, 3.8) is 0 Å². The molecule has 8 heteroatoms. The average Bonchev–Trinajstić information content (AvgIpc) is 2.65. The van der Waals surface area contributed by atoms with Gasteiger partial charge in [-0.1, -0.05) is 0 Å². The smallest absolute Gasteiger partial charge is 0.329 e. The Kier molecular flexibility index (Phi) is 5.80. The normalized spacial score (nSPS) is 10.2. The number of nitrogens with zero attached hydrogens (tertiary/aromatic N) is 1. The molecule has 1 rings (SSSR count). The van der Waals surface area contributed by atoms with Gasteiger partial charge in [0.25, 0.3) is 0 Å². The Morgan fingerprint density at radius 3 is 2.68 bits per heavy atom. The number of carbonyl (C=O) groups is 2. The lowest BCUT2D eigenvalue weighted by Crippen LogP contribution is -2.37. The molecule has 106 valence electrons. The van der Waals surface area contributed by atoms with Gasteiger partial charge in [-0.3, -0.25) is 0 Å². The summed E-state index contributed by atoms with van der Waals surface area (Å²) in [4.78, 5) is 25.6. The molecule has 0 atom stereocenters. The van der Waals surface area contributed by atoms with Gasteiger partial charge in [0.05, 0.1) is 18.8 Å². The van der Waals surface area contributed by atoms with Crippen molar-refractivity contribution in [2.45, 2.75) is 20.4 Å². The van der Waals surface area contributed by atoms with Gasteiger partial charge in [-0.05, 0) is 13.8 Å². The second kappa shape index (κ2) is 7.37. The number of aliphatic carboxylic acids is 1. The lowest BCUT2D eigenvalue weighted by molar-refractivity contribution is -0.142. The Morgan fingerprint density at radius 2 is 2.11 bits per heavy atom. The van der Waals surface area contributed by atoms with Gasteiger partial charge in [0.2, 0.25) is 5.89 Å². The molecule has 0 aliphatic heterocycles. The molecule has 1 heterocycles. The van der Waals surface area contributed by atoms with Gasteiger partial charge in [0.15, 0.2) is 0 Å². The van der Waals surface area contributed by atoms with Gasteiger partial charge in [0.1, 0.15) is 12.4 Å². The van der Waals surface area contributed by atoms with Crippen molar-refractivity contribution in [1.29, 1.82) is 0 Å². The first-order valence-electron chi connectivity index (χ1n) is 5.73. The van der Waals surface area contributed by atoms with Crippen LogP contribution < -0.4 is 10.6 Å². The number of hydrogen-bond acceptors (Lipinski definition) is 5. The largest absolute Gasteiger partial charge is 0.480 e. The first kappa shape index (κ1) is 15.0. The van der Waals surface area contributed by atoms with Gasteiger partial charge in [-0.2, -0.15) is 0 Å². The fourth-order valence-electron chi connectivity index (χ4n) is 1.23. The van der Waals surface area contributed by atoms with E-state index in [-0.39, 0.29) is 26.3 Å². The van der Waals surface area contributed by atoms with Crippen molar-refractivity contribution in [2.24, 2.45) is 0 Å². The third-order valence-corrected chi connectivity index (χ3v) is 2.23. The number of carboxylic acid groups (broad SMARTS) is 1. The molecule has 0 bridgehead atoms. The molecule has 19 heavy (non-hydrogen) atoms. The number of carbonyl (C=O) groups excluding carboxylic acids is 1. The number of aromatic nitrogens is 1. The fourth-order valence-corrected chi connectivity index (χ4v) is 1.23. The number of aryl methyl sites for hydroxylation is 2. The molecule has 0 saturated heterocycles. The van der Waals surface area contributed by atoms with Crippen LogP contribution in [0.5, 0.6) is 0 Å². The topological polar surface area (TPSA) is 114 Å². The maximum Gasteiger partial charge on any atom is 0.329 e. The zero-order valence-corrected chi connectivity index (χ0v) is 10.9. The quantitative estimate of drug-likeness (QED) is 0.610. The minimum atomic E-state index is -1.04. The van der Waals surface area contributed by atoms with Crippen LogP contribution in [-0.4, -0.2) is 41.8 Å². The Bertz CT molecular complexity index is 424. The van der Waals surface area contributed by atoms with E-state index in [1.54, 1.807) is 6.92 Å².